The van der Waals surface area contributed by atoms with Crippen molar-refractivity contribution in [3.8, 4) is 0 Å². The van der Waals surface area contributed by atoms with Gasteiger partial charge in [0, 0.05) is 30.8 Å². The summed E-state index contributed by atoms with van der Waals surface area (Å²) in [6, 6.07) is 0. The molecule has 2 saturated heterocycles. The van der Waals surface area contributed by atoms with Crippen molar-refractivity contribution in [2.75, 3.05) is 19.8 Å². The second kappa shape index (κ2) is 11.8. The third kappa shape index (κ3) is 6.68. The quantitative estimate of drug-likeness (QED) is 0.244. The van der Waals surface area contributed by atoms with Crippen LogP contribution < -0.4 is 0 Å². The molecule has 4 aliphatic rings. The molecule has 0 aromatic heterocycles. The molecule has 5 heteroatoms. The van der Waals surface area contributed by atoms with Crippen LogP contribution >= 0.6 is 0 Å². The van der Waals surface area contributed by atoms with Crippen LogP contribution in [0.4, 0.5) is 0 Å². The van der Waals surface area contributed by atoms with Crippen LogP contribution in [0.25, 0.3) is 0 Å². The number of rotatable bonds is 8. The molecule has 2 heterocycles. The van der Waals surface area contributed by atoms with Gasteiger partial charge in [-0.15, -0.1) is 0 Å². The van der Waals surface area contributed by atoms with Crippen LogP contribution in [0.1, 0.15) is 97.3 Å². The third-order valence-electron chi connectivity index (χ3n) is 8.28. The van der Waals surface area contributed by atoms with E-state index in [1.807, 2.05) is 0 Å². The summed E-state index contributed by atoms with van der Waals surface area (Å²) in [6.07, 6.45) is 20.3. The summed E-state index contributed by atoms with van der Waals surface area (Å²) >= 11 is 0. The van der Waals surface area contributed by atoms with Gasteiger partial charge in [-0.2, -0.15) is 0 Å². The molecule has 4 unspecified atom stereocenters. The number of carbonyl (C=O) groups is 1. The van der Waals surface area contributed by atoms with Crippen LogP contribution in [0.3, 0.4) is 0 Å². The van der Waals surface area contributed by atoms with Crippen molar-refractivity contribution in [1.29, 1.82) is 0 Å². The Morgan fingerprint density at radius 1 is 0.970 bits per heavy atom. The minimum absolute atomic E-state index is 0.0484. The SMILES string of the molecule is CC1(C)COC2(CCC(/C=C/C(OC3CCCCO3)C3CCCCCC3)C2CCC=O)OC1. The van der Waals surface area contributed by atoms with Gasteiger partial charge in [-0.1, -0.05) is 51.7 Å². The minimum Gasteiger partial charge on any atom is -0.353 e. The lowest BCUT2D eigenvalue weighted by Crippen LogP contribution is -2.50. The monoisotopic (exact) mass is 462 g/mol. The molecular formula is C28H46O5. The standard InChI is InChI=1S/C28H46O5/c1-27(2)20-31-28(32-21-27)17-16-22(24(28)12-9-18-29)14-15-25(23-10-5-3-4-6-11-23)33-26-13-7-8-19-30-26/h14-15,18,22-26H,3-13,16-17,19-21H2,1-2H3/b15-14+. The molecular weight excluding hydrogens is 416 g/mol. The Morgan fingerprint density at radius 2 is 1.70 bits per heavy atom. The van der Waals surface area contributed by atoms with Crippen LogP contribution in [0.15, 0.2) is 12.2 Å². The maximum absolute atomic E-state index is 11.2. The van der Waals surface area contributed by atoms with Gasteiger partial charge in [-0.25, -0.2) is 0 Å². The zero-order valence-electron chi connectivity index (χ0n) is 21.0. The van der Waals surface area contributed by atoms with E-state index in [4.69, 9.17) is 18.9 Å². The molecule has 0 N–H and O–H groups in total. The lowest BCUT2D eigenvalue weighted by molar-refractivity contribution is -0.316. The smallest absolute Gasteiger partial charge is 0.171 e. The highest BCUT2D eigenvalue weighted by Gasteiger charge is 2.52. The van der Waals surface area contributed by atoms with Crippen molar-refractivity contribution in [1.82, 2.24) is 0 Å². The van der Waals surface area contributed by atoms with E-state index in [9.17, 15) is 4.79 Å². The van der Waals surface area contributed by atoms with E-state index in [-0.39, 0.29) is 23.7 Å². The number of hydrogen-bond donors (Lipinski definition) is 0. The Balaban J connectivity index is 1.47. The van der Waals surface area contributed by atoms with Gasteiger partial charge in [0.2, 0.25) is 0 Å². The lowest BCUT2D eigenvalue weighted by Gasteiger charge is -2.45. The van der Waals surface area contributed by atoms with Gasteiger partial charge in [0.05, 0.1) is 19.3 Å². The van der Waals surface area contributed by atoms with E-state index in [1.165, 1.54) is 44.9 Å². The molecule has 0 amide bonds. The Labute approximate surface area is 200 Å². The van der Waals surface area contributed by atoms with Crippen LogP contribution in [-0.2, 0) is 23.7 Å². The molecule has 33 heavy (non-hydrogen) atoms. The molecule has 2 aliphatic carbocycles. The van der Waals surface area contributed by atoms with Crippen LogP contribution in [0.2, 0.25) is 0 Å². The first-order valence-electron chi connectivity index (χ1n) is 13.7. The second-order valence-electron chi connectivity index (χ2n) is 11.6. The molecule has 0 bridgehead atoms. The first kappa shape index (κ1) is 25.3. The first-order chi connectivity index (χ1) is 16.0. The van der Waals surface area contributed by atoms with Crippen molar-refractivity contribution < 1.29 is 23.7 Å². The second-order valence-corrected chi connectivity index (χ2v) is 11.6. The Bertz CT molecular complexity index is 620. The Kier molecular flexibility index (Phi) is 9.05. The normalized spacial score (nSPS) is 33.8. The molecule has 4 atom stereocenters. The molecule has 1 spiro atoms. The number of ether oxygens (including phenoxy) is 4. The summed E-state index contributed by atoms with van der Waals surface area (Å²) in [6.45, 7) is 6.63. The van der Waals surface area contributed by atoms with Gasteiger partial charge >= 0.3 is 0 Å². The van der Waals surface area contributed by atoms with Gasteiger partial charge in [0.1, 0.15) is 6.29 Å². The van der Waals surface area contributed by atoms with Gasteiger partial charge in [0.15, 0.2) is 12.1 Å². The van der Waals surface area contributed by atoms with E-state index in [1.54, 1.807) is 0 Å². The number of carbonyl (C=O) groups excluding carboxylic acids is 1. The number of aldehydes is 1. The van der Waals surface area contributed by atoms with E-state index in [0.717, 1.165) is 45.0 Å². The van der Waals surface area contributed by atoms with Crippen LogP contribution in [0, 0.1) is 23.2 Å². The maximum Gasteiger partial charge on any atom is 0.171 e. The molecule has 0 aromatic carbocycles. The predicted octanol–water partition coefficient (Wildman–Crippen LogP) is 6.20. The fourth-order valence-corrected chi connectivity index (χ4v) is 6.27. The summed E-state index contributed by atoms with van der Waals surface area (Å²) in [5.74, 6) is 0.616. The topological polar surface area (TPSA) is 54.0 Å². The highest BCUT2D eigenvalue weighted by atomic mass is 16.7. The average Bonchev–Trinajstić information content (AvgIpc) is 2.97. The maximum atomic E-state index is 11.2. The summed E-state index contributed by atoms with van der Waals surface area (Å²) < 4.78 is 25.4. The van der Waals surface area contributed by atoms with Crippen molar-refractivity contribution in [3.63, 3.8) is 0 Å². The Hall–Kier alpha value is -0.750. The average molecular weight is 463 g/mol. The number of allylic oxidation sites excluding steroid dienone is 1. The van der Waals surface area contributed by atoms with Gasteiger partial charge in [-0.3, -0.25) is 0 Å². The molecule has 2 saturated carbocycles. The molecule has 4 rings (SSSR count). The van der Waals surface area contributed by atoms with Crippen molar-refractivity contribution in [2.45, 2.75) is 115 Å². The molecule has 0 radical (unpaired) electrons. The summed E-state index contributed by atoms with van der Waals surface area (Å²) in [7, 11) is 0. The Morgan fingerprint density at radius 3 is 2.36 bits per heavy atom. The van der Waals surface area contributed by atoms with Crippen molar-refractivity contribution in [2.24, 2.45) is 23.2 Å². The zero-order chi connectivity index (χ0) is 23.2. The van der Waals surface area contributed by atoms with Crippen LogP contribution in [0.5, 0.6) is 0 Å². The van der Waals surface area contributed by atoms with Gasteiger partial charge < -0.3 is 23.7 Å². The molecule has 0 aromatic rings. The molecule has 188 valence electrons. The highest BCUT2D eigenvalue weighted by Crippen LogP contribution is 2.50. The zero-order valence-corrected chi connectivity index (χ0v) is 21.0. The minimum atomic E-state index is -0.529. The summed E-state index contributed by atoms with van der Waals surface area (Å²) in [5, 5.41) is 0. The third-order valence-corrected chi connectivity index (χ3v) is 8.28. The highest BCUT2D eigenvalue weighted by molar-refractivity contribution is 5.49. The first-order valence-corrected chi connectivity index (χ1v) is 13.7. The fourth-order valence-electron chi connectivity index (χ4n) is 6.27. The van der Waals surface area contributed by atoms with E-state index in [0.29, 0.717) is 31.5 Å². The molecule has 2 aliphatic heterocycles. The van der Waals surface area contributed by atoms with Crippen molar-refractivity contribution >= 4 is 6.29 Å². The van der Waals surface area contributed by atoms with Gasteiger partial charge in [0.25, 0.3) is 0 Å². The van der Waals surface area contributed by atoms with E-state index < -0.39 is 5.79 Å². The van der Waals surface area contributed by atoms with E-state index in [2.05, 4.69) is 26.0 Å². The van der Waals surface area contributed by atoms with Crippen molar-refractivity contribution in [3.05, 3.63) is 12.2 Å². The largest absolute Gasteiger partial charge is 0.353 e. The van der Waals surface area contributed by atoms with E-state index >= 15 is 0 Å². The number of hydrogen-bond acceptors (Lipinski definition) is 5. The predicted molar refractivity (Wildman–Crippen MR) is 129 cm³/mol. The lowest BCUT2D eigenvalue weighted by atomic mass is 9.85. The fraction of sp³-hybridized carbons (Fsp3) is 0.893. The van der Waals surface area contributed by atoms with Crippen LogP contribution in [-0.4, -0.2) is 44.3 Å². The molecule has 4 fully saturated rings. The summed E-state index contributed by atoms with van der Waals surface area (Å²) in [5.41, 5.74) is 0.0484. The summed E-state index contributed by atoms with van der Waals surface area (Å²) in [4.78, 5) is 11.2. The molecule has 5 nitrogen and oxygen atoms in total. The van der Waals surface area contributed by atoms with Gasteiger partial charge in [-0.05, 0) is 56.8 Å².